The summed E-state index contributed by atoms with van der Waals surface area (Å²) in [6.07, 6.45) is 2.07. The van der Waals surface area contributed by atoms with E-state index in [-0.39, 0.29) is 6.04 Å². The second kappa shape index (κ2) is 8.47. The van der Waals surface area contributed by atoms with Crippen molar-refractivity contribution in [1.82, 2.24) is 29.7 Å². The maximum absolute atomic E-state index is 5.58. The Morgan fingerprint density at radius 2 is 1.72 bits per heavy atom. The van der Waals surface area contributed by atoms with E-state index in [1.54, 1.807) is 0 Å². The van der Waals surface area contributed by atoms with E-state index in [4.69, 9.17) is 4.52 Å². The first-order valence-corrected chi connectivity index (χ1v) is 10.4. The quantitative estimate of drug-likeness (QED) is 0.635. The van der Waals surface area contributed by atoms with E-state index < -0.39 is 0 Å². The summed E-state index contributed by atoms with van der Waals surface area (Å²) in [6.45, 7) is 13.4. The number of hydrogen-bond donors (Lipinski definition) is 0. The van der Waals surface area contributed by atoms with Gasteiger partial charge in [-0.1, -0.05) is 35.0 Å². The van der Waals surface area contributed by atoms with E-state index in [1.165, 1.54) is 5.56 Å². The van der Waals surface area contributed by atoms with Crippen LogP contribution in [-0.2, 0) is 6.54 Å². The molecule has 1 atom stereocenters. The van der Waals surface area contributed by atoms with Gasteiger partial charge in [-0.05, 0) is 33.8 Å². The Labute approximate surface area is 172 Å². The zero-order valence-electron chi connectivity index (χ0n) is 17.7. The highest BCUT2D eigenvalue weighted by Gasteiger charge is 2.26. The lowest BCUT2D eigenvalue weighted by Gasteiger charge is -2.36. The SMILES string of the molecule is Cc1ccc(-c2noc(C(C)N3CCN(Cc4ccn(C(C)C)n4)CC3)n2)cc1. The van der Waals surface area contributed by atoms with Gasteiger partial charge in [-0.15, -0.1) is 0 Å². The van der Waals surface area contributed by atoms with Gasteiger partial charge in [0, 0.05) is 50.5 Å². The van der Waals surface area contributed by atoms with Crippen LogP contribution in [0, 0.1) is 6.92 Å². The van der Waals surface area contributed by atoms with E-state index in [2.05, 4.69) is 77.1 Å². The minimum Gasteiger partial charge on any atom is -0.337 e. The second-order valence-corrected chi connectivity index (χ2v) is 8.19. The molecule has 2 aromatic heterocycles. The van der Waals surface area contributed by atoms with Gasteiger partial charge in [0.2, 0.25) is 11.7 Å². The van der Waals surface area contributed by atoms with Crippen molar-refractivity contribution in [2.45, 2.75) is 46.3 Å². The summed E-state index contributed by atoms with van der Waals surface area (Å²) in [5.41, 5.74) is 3.35. The van der Waals surface area contributed by atoms with Gasteiger partial charge in [0.05, 0.1) is 11.7 Å². The minimum absolute atomic E-state index is 0.115. The lowest BCUT2D eigenvalue weighted by molar-refractivity contribution is 0.0837. The molecule has 0 bridgehead atoms. The molecule has 29 heavy (non-hydrogen) atoms. The van der Waals surface area contributed by atoms with Crippen molar-refractivity contribution in [2.24, 2.45) is 0 Å². The van der Waals surface area contributed by atoms with Crippen molar-refractivity contribution < 1.29 is 4.52 Å². The third-order valence-electron chi connectivity index (χ3n) is 5.64. The lowest BCUT2D eigenvalue weighted by atomic mass is 10.1. The molecule has 7 heteroatoms. The molecule has 1 aliphatic heterocycles. The Hall–Kier alpha value is -2.51. The number of aromatic nitrogens is 4. The Balaban J connectivity index is 1.33. The summed E-state index contributed by atoms with van der Waals surface area (Å²) in [5, 5.41) is 8.86. The van der Waals surface area contributed by atoms with Crippen LogP contribution in [0.15, 0.2) is 41.1 Å². The van der Waals surface area contributed by atoms with E-state index in [9.17, 15) is 0 Å². The Kier molecular flexibility index (Phi) is 5.78. The van der Waals surface area contributed by atoms with Crippen LogP contribution >= 0.6 is 0 Å². The molecule has 3 heterocycles. The van der Waals surface area contributed by atoms with Gasteiger partial charge in [0.25, 0.3) is 0 Å². The van der Waals surface area contributed by atoms with Gasteiger partial charge < -0.3 is 4.52 Å². The normalized spacial score (nSPS) is 17.1. The van der Waals surface area contributed by atoms with Gasteiger partial charge in [-0.3, -0.25) is 14.5 Å². The Morgan fingerprint density at radius 1 is 1.00 bits per heavy atom. The molecule has 3 aromatic rings. The topological polar surface area (TPSA) is 63.2 Å². The molecule has 0 saturated carbocycles. The van der Waals surface area contributed by atoms with Gasteiger partial charge >= 0.3 is 0 Å². The van der Waals surface area contributed by atoms with Gasteiger partial charge in [-0.25, -0.2) is 0 Å². The highest BCUT2D eigenvalue weighted by atomic mass is 16.5. The molecule has 0 amide bonds. The number of benzene rings is 1. The van der Waals surface area contributed by atoms with Crippen LogP contribution in [0.2, 0.25) is 0 Å². The van der Waals surface area contributed by atoms with E-state index >= 15 is 0 Å². The monoisotopic (exact) mass is 394 g/mol. The summed E-state index contributed by atoms with van der Waals surface area (Å²) in [7, 11) is 0. The van der Waals surface area contributed by atoms with Crippen LogP contribution in [-0.4, -0.2) is 55.9 Å². The number of rotatable bonds is 6. The number of nitrogens with zero attached hydrogens (tertiary/aromatic N) is 6. The standard InChI is InChI=1S/C22H30N6O/c1-16(2)28-10-9-20(24-28)15-26-11-13-27(14-12-26)18(4)22-23-21(25-29-22)19-7-5-17(3)6-8-19/h5-10,16,18H,11-15H2,1-4H3. The van der Waals surface area contributed by atoms with Crippen LogP contribution in [0.5, 0.6) is 0 Å². The minimum atomic E-state index is 0.115. The van der Waals surface area contributed by atoms with Crippen molar-refractivity contribution >= 4 is 0 Å². The van der Waals surface area contributed by atoms with Crippen molar-refractivity contribution in [2.75, 3.05) is 26.2 Å². The fourth-order valence-electron chi connectivity index (χ4n) is 3.67. The first-order chi connectivity index (χ1) is 14.0. The molecule has 1 aliphatic rings. The average molecular weight is 395 g/mol. The molecule has 1 saturated heterocycles. The van der Waals surface area contributed by atoms with E-state index in [1.807, 2.05) is 16.8 Å². The zero-order valence-corrected chi connectivity index (χ0v) is 17.7. The van der Waals surface area contributed by atoms with Crippen molar-refractivity contribution in [3.8, 4) is 11.4 Å². The molecule has 0 aliphatic carbocycles. The molecule has 0 spiro atoms. The Bertz CT molecular complexity index is 921. The first-order valence-electron chi connectivity index (χ1n) is 10.4. The van der Waals surface area contributed by atoms with E-state index in [0.717, 1.165) is 44.0 Å². The molecule has 7 nitrogen and oxygen atoms in total. The van der Waals surface area contributed by atoms with Crippen LogP contribution < -0.4 is 0 Å². The summed E-state index contributed by atoms with van der Waals surface area (Å²) >= 11 is 0. The summed E-state index contributed by atoms with van der Waals surface area (Å²) in [4.78, 5) is 9.52. The predicted molar refractivity (Wildman–Crippen MR) is 112 cm³/mol. The highest BCUT2D eigenvalue weighted by Crippen LogP contribution is 2.24. The number of aryl methyl sites for hydroxylation is 1. The maximum Gasteiger partial charge on any atom is 0.244 e. The fourth-order valence-corrected chi connectivity index (χ4v) is 3.67. The molecular weight excluding hydrogens is 364 g/mol. The van der Waals surface area contributed by atoms with Gasteiger partial charge in [0.15, 0.2) is 0 Å². The van der Waals surface area contributed by atoms with Crippen LogP contribution in [0.1, 0.15) is 50.0 Å². The zero-order chi connectivity index (χ0) is 20.4. The second-order valence-electron chi connectivity index (χ2n) is 8.19. The third kappa shape index (κ3) is 4.57. The molecular formula is C22H30N6O. The smallest absolute Gasteiger partial charge is 0.244 e. The molecule has 1 unspecified atom stereocenters. The first kappa shape index (κ1) is 19.8. The van der Waals surface area contributed by atoms with Crippen LogP contribution in [0.4, 0.5) is 0 Å². The number of hydrogen-bond acceptors (Lipinski definition) is 6. The van der Waals surface area contributed by atoms with Crippen molar-refractivity contribution in [1.29, 1.82) is 0 Å². The maximum atomic E-state index is 5.58. The lowest BCUT2D eigenvalue weighted by Crippen LogP contribution is -2.46. The predicted octanol–water partition coefficient (Wildman–Crippen LogP) is 3.70. The third-order valence-corrected chi connectivity index (χ3v) is 5.64. The van der Waals surface area contributed by atoms with Gasteiger partial charge in [0.1, 0.15) is 0 Å². The molecule has 4 rings (SSSR count). The number of piperazine rings is 1. The largest absolute Gasteiger partial charge is 0.337 e. The summed E-state index contributed by atoms with van der Waals surface area (Å²) in [5.74, 6) is 1.34. The Morgan fingerprint density at radius 3 is 2.38 bits per heavy atom. The van der Waals surface area contributed by atoms with Crippen LogP contribution in [0.3, 0.4) is 0 Å². The summed E-state index contributed by atoms with van der Waals surface area (Å²) in [6, 6.07) is 10.9. The van der Waals surface area contributed by atoms with Gasteiger partial charge in [-0.2, -0.15) is 10.1 Å². The molecule has 1 aromatic carbocycles. The molecule has 154 valence electrons. The van der Waals surface area contributed by atoms with Crippen molar-refractivity contribution in [3.63, 3.8) is 0 Å². The van der Waals surface area contributed by atoms with Crippen molar-refractivity contribution in [3.05, 3.63) is 53.7 Å². The van der Waals surface area contributed by atoms with Crippen LogP contribution in [0.25, 0.3) is 11.4 Å². The molecule has 1 fully saturated rings. The molecule has 0 radical (unpaired) electrons. The van der Waals surface area contributed by atoms with E-state index in [0.29, 0.717) is 17.8 Å². The summed E-state index contributed by atoms with van der Waals surface area (Å²) < 4.78 is 7.61. The molecule has 0 N–H and O–H groups in total. The fraction of sp³-hybridized carbons (Fsp3) is 0.500. The highest BCUT2D eigenvalue weighted by molar-refractivity contribution is 5.54. The average Bonchev–Trinajstić information content (AvgIpc) is 3.39.